The Morgan fingerprint density at radius 1 is 1.19 bits per heavy atom. The van der Waals surface area contributed by atoms with E-state index in [0.717, 1.165) is 6.07 Å². The zero-order valence-electron chi connectivity index (χ0n) is 10.6. The van der Waals surface area contributed by atoms with Crippen LogP contribution in [0.1, 0.15) is 16.2 Å². The Hall–Kier alpha value is -3.16. The molecular weight excluding hydrogens is 276 g/mol. The Labute approximate surface area is 118 Å². The van der Waals surface area contributed by atoms with Crippen LogP contribution < -0.4 is 4.90 Å². The average Bonchev–Trinajstić information content (AvgIpc) is 2.73. The third-order valence-corrected chi connectivity index (χ3v) is 3.08. The van der Waals surface area contributed by atoms with E-state index in [1.165, 1.54) is 29.4 Å². The van der Waals surface area contributed by atoms with E-state index >= 15 is 0 Å². The highest BCUT2D eigenvalue weighted by molar-refractivity contribution is 6.52. The lowest BCUT2D eigenvalue weighted by Gasteiger charge is -2.14. The SMILES string of the molecule is O=C1C(=O)N(Cc2ncccn2)c2ccc([N+](=O)[O-])cc21. The third-order valence-electron chi connectivity index (χ3n) is 3.08. The van der Waals surface area contributed by atoms with Crippen LogP contribution in [0.15, 0.2) is 36.7 Å². The number of nitro groups is 1. The van der Waals surface area contributed by atoms with E-state index in [1.807, 2.05) is 0 Å². The van der Waals surface area contributed by atoms with Crippen LogP contribution >= 0.6 is 0 Å². The Balaban J connectivity index is 2.00. The number of Topliss-reactive ketones (excluding diaryl/α,β-unsaturated/α-hetero) is 1. The fraction of sp³-hybridized carbons (Fsp3) is 0.0769. The van der Waals surface area contributed by atoms with E-state index in [-0.39, 0.29) is 17.8 Å². The predicted molar refractivity (Wildman–Crippen MR) is 70.6 cm³/mol. The van der Waals surface area contributed by atoms with Gasteiger partial charge in [0.2, 0.25) is 0 Å². The molecule has 0 radical (unpaired) electrons. The Bertz CT molecular complexity index is 760. The molecular formula is C13H8N4O4. The number of ketones is 1. The first-order chi connectivity index (χ1) is 10.1. The van der Waals surface area contributed by atoms with Crippen LogP contribution in [0.3, 0.4) is 0 Å². The summed E-state index contributed by atoms with van der Waals surface area (Å²) in [5, 5.41) is 10.7. The fourth-order valence-corrected chi connectivity index (χ4v) is 2.11. The Morgan fingerprint density at radius 3 is 2.57 bits per heavy atom. The van der Waals surface area contributed by atoms with Gasteiger partial charge >= 0.3 is 0 Å². The molecule has 0 saturated carbocycles. The van der Waals surface area contributed by atoms with Gasteiger partial charge in [-0.3, -0.25) is 24.6 Å². The van der Waals surface area contributed by atoms with Gasteiger partial charge in [-0.15, -0.1) is 0 Å². The molecule has 8 nitrogen and oxygen atoms in total. The number of carbonyl (C=O) groups is 2. The summed E-state index contributed by atoms with van der Waals surface area (Å²) in [6, 6.07) is 5.39. The average molecular weight is 284 g/mol. The zero-order valence-corrected chi connectivity index (χ0v) is 10.6. The molecule has 1 aliphatic heterocycles. The molecule has 0 fully saturated rings. The number of amides is 1. The molecule has 2 heterocycles. The van der Waals surface area contributed by atoms with Crippen LogP contribution in [0, 0.1) is 10.1 Å². The highest BCUT2D eigenvalue weighted by atomic mass is 16.6. The number of nitrogens with zero attached hydrogens (tertiary/aromatic N) is 4. The first kappa shape index (κ1) is 12.9. The molecule has 1 amide bonds. The van der Waals surface area contributed by atoms with E-state index in [1.54, 1.807) is 6.07 Å². The maximum atomic E-state index is 12.0. The topological polar surface area (TPSA) is 106 Å². The van der Waals surface area contributed by atoms with E-state index in [0.29, 0.717) is 11.5 Å². The van der Waals surface area contributed by atoms with Gasteiger partial charge in [-0.05, 0) is 12.1 Å². The quantitative estimate of drug-likeness (QED) is 0.475. The van der Waals surface area contributed by atoms with Crippen molar-refractivity contribution in [1.29, 1.82) is 0 Å². The molecule has 0 atom stereocenters. The van der Waals surface area contributed by atoms with Crippen LogP contribution in [0.4, 0.5) is 11.4 Å². The van der Waals surface area contributed by atoms with Crippen LogP contribution in [-0.4, -0.2) is 26.6 Å². The van der Waals surface area contributed by atoms with Gasteiger partial charge in [-0.25, -0.2) is 9.97 Å². The molecule has 3 rings (SSSR count). The smallest absolute Gasteiger partial charge is 0.297 e. The summed E-state index contributed by atoms with van der Waals surface area (Å²) < 4.78 is 0. The van der Waals surface area contributed by atoms with E-state index in [4.69, 9.17) is 0 Å². The van der Waals surface area contributed by atoms with Crippen molar-refractivity contribution in [3.05, 3.63) is 58.2 Å². The Kier molecular flexibility index (Phi) is 2.90. The highest BCUT2D eigenvalue weighted by Gasteiger charge is 2.37. The number of anilines is 1. The molecule has 104 valence electrons. The van der Waals surface area contributed by atoms with Gasteiger partial charge in [0.25, 0.3) is 17.4 Å². The van der Waals surface area contributed by atoms with Crippen LogP contribution in [0.25, 0.3) is 0 Å². The molecule has 1 aromatic heterocycles. The summed E-state index contributed by atoms with van der Waals surface area (Å²) in [6.07, 6.45) is 3.06. The molecule has 21 heavy (non-hydrogen) atoms. The largest absolute Gasteiger partial charge is 0.299 e. The zero-order chi connectivity index (χ0) is 15.0. The van der Waals surface area contributed by atoms with Gasteiger partial charge in [0, 0.05) is 24.5 Å². The normalized spacial score (nSPS) is 13.4. The number of benzene rings is 1. The lowest BCUT2D eigenvalue weighted by molar-refractivity contribution is -0.384. The van der Waals surface area contributed by atoms with Gasteiger partial charge < -0.3 is 0 Å². The standard InChI is InChI=1S/C13H8N4O4/c18-12-9-6-8(17(20)21)2-3-10(9)16(13(12)19)7-11-14-4-1-5-15-11/h1-6H,7H2. The molecule has 2 aromatic rings. The monoisotopic (exact) mass is 284 g/mol. The van der Waals surface area contributed by atoms with Crippen molar-refractivity contribution in [3.8, 4) is 0 Å². The summed E-state index contributed by atoms with van der Waals surface area (Å²) in [7, 11) is 0. The van der Waals surface area contributed by atoms with E-state index in [2.05, 4.69) is 9.97 Å². The number of hydrogen-bond donors (Lipinski definition) is 0. The van der Waals surface area contributed by atoms with Crippen molar-refractivity contribution >= 4 is 23.1 Å². The number of hydrogen-bond acceptors (Lipinski definition) is 6. The molecule has 0 aliphatic carbocycles. The third kappa shape index (κ3) is 2.12. The van der Waals surface area contributed by atoms with Gasteiger partial charge in [-0.1, -0.05) is 0 Å². The summed E-state index contributed by atoms with van der Waals surface area (Å²) in [4.78, 5) is 43.3. The highest BCUT2D eigenvalue weighted by Crippen LogP contribution is 2.32. The number of fused-ring (bicyclic) bond motifs is 1. The minimum atomic E-state index is -0.760. The number of carbonyl (C=O) groups excluding carboxylic acids is 2. The second-order valence-electron chi connectivity index (χ2n) is 4.34. The van der Waals surface area contributed by atoms with Crippen LogP contribution in [0.2, 0.25) is 0 Å². The number of rotatable bonds is 3. The summed E-state index contributed by atoms with van der Waals surface area (Å²) in [6.45, 7) is 0.0379. The maximum absolute atomic E-state index is 12.0. The first-order valence-corrected chi connectivity index (χ1v) is 5.98. The van der Waals surface area contributed by atoms with E-state index in [9.17, 15) is 19.7 Å². The van der Waals surface area contributed by atoms with Crippen molar-refractivity contribution in [3.63, 3.8) is 0 Å². The molecule has 0 bridgehead atoms. The lowest BCUT2D eigenvalue weighted by Crippen LogP contribution is -2.29. The summed E-state index contributed by atoms with van der Waals surface area (Å²) in [5.74, 6) is -1.12. The molecule has 0 saturated heterocycles. The van der Waals surface area contributed by atoms with Crippen LogP contribution in [0.5, 0.6) is 0 Å². The Morgan fingerprint density at radius 2 is 1.90 bits per heavy atom. The summed E-state index contributed by atoms with van der Waals surface area (Å²) >= 11 is 0. The first-order valence-electron chi connectivity index (χ1n) is 5.98. The minimum Gasteiger partial charge on any atom is -0.297 e. The molecule has 8 heteroatoms. The van der Waals surface area contributed by atoms with Crippen molar-refractivity contribution in [1.82, 2.24) is 9.97 Å². The number of aromatic nitrogens is 2. The van der Waals surface area contributed by atoms with Gasteiger partial charge in [-0.2, -0.15) is 0 Å². The second-order valence-corrected chi connectivity index (χ2v) is 4.34. The minimum absolute atomic E-state index is 0.0325. The lowest BCUT2D eigenvalue weighted by atomic mass is 10.1. The fourth-order valence-electron chi connectivity index (χ4n) is 2.11. The van der Waals surface area contributed by atoms with E-state index < -0.39 is 16.6 Å². The van der Waals surface area contributed by atoms with Crippen molar-refractivity contribution in [2.75, 3.05) is 4.90 Å². The maximum Gasteiger partial charge on any atom is 0.299 e. The number of non-ortho nitro benzene ring substituents is 1. The second kappa shape index (κ2) is 4.75. The molecule has 1 aliphatic rings. The van der Waals surface area contributed by atoms with Gasteiger partial charge in [0.1, 0.15) is 5.82 Å². The molecule has 1 aromatic carbocycles. The number of nitro benzene ring substituents is 1. The molecule has 0 spiro atoms. The molecule has 0 unspecified atom stereocenters. The molecule has 0 N–H and O–H groups in total. The van der Waals surface area contributed by atoms with Gasteiger partial charge in [0.15, 0.2) is 0 Å². The van der Waals surface area contributed by atoms with Crippen molar-refractivity contribution in [2.24, 2.45) is 0 Å². The van der Waals surface area contributed by atoms with Gasteiger partial charge in [0.05, 0.1) is 22.7 Å². The predicted octanol–water partition coefficient (Wildman–Crippen LogP) is 1.11. The van der Waals surface area contributed by atoms with Crippen molar-refractivity contribution < 1.29 is 14.5 Å². The van der Waals surface area contributed by atoms with Crippen molar-refractivity contribution in [2.45, 2.75) is 6.54 Å². The summed E-state index contributed by atoms with van der Waals surface area (Å²) in [5.41, 5.74) is 0.140. The van der Waals surface area contributed by atoms with Crippen LogP contribution in [-0.2, 0) is 11.3 Å².